The normalized spacial score (nSPS) is 9.26. The van der Waals surface area contributed by atoms with Gasteiger partial charge in [-0.25, -0.2) is 4.98 Å². The number of aromatic nitrogens is 1. The molecule has 6 nitrogen and oxygen atoms in total. The highest BCUT2D eigenvalue weighted by Crippen LogP contribution is 2.20. The molecule has 0 radical (unpaired) electrons. The van der Waals surface area contributed by atoms with Crippen LogP contribution in [0.3, 0.4) is 0 Å². The van der Waals surface area contributed by atoms with Crippen molar-refractivity contribution in [1.82, 2.24) is 4.98 Å². The van der Waals surface area contributed by atoms with Crippen LogP contribution in [0.15, 0.2) is 6.07 Å². The fraction of sp³-hybridized carbons (Fsp3) is 0.545. The van der Waals surface area contributed by atoms with Gasteiger partial charge in [0.15, 0.2) is 0 Å². The summed E-state index contributed by atoms with van der Waals surface area (Å²) in [6.45, 7) is 3.33. The molecule has 0 saturated heterocycles. The molecule has 0 fully saturated rings. The number of pyridine rings is 1. The predicted molar refractivity (Wildman–Crippen MR) is 82.5 cm³/mol. The molecule has 112 valence electrons. The summed E-state index contributed by atoms with van der Waals surface area (Å²) in [5, 5.41) is 23.6. The van der Waals surface area contributed by atoms with Gasteiger partial charge in [-0.05, 0) is 18.6 Å². The van der Waals surface area contributed by atoms with E-state index in [4.69, 9.17) is 15.9 Å². The second kappa shape index (κ2) is 11.1. The summed E-state index contributed by atoms with van der Waals surface area (Å²) in [6.07, 6.45) is 0. The molecule has 0 unspecified atom stereocenters. The van der Waals surface area contributed by atoms with Crippen LogP contribution in [0.4, 0.5) is 11.6 Å². The predicted octanol–water partition coefficient (Wildman–Crippen LogP) is 0.501. The molecule has 1 rings (SSSR count). The molecule has 8 heteroatoms. The Balaban J connectivity index is 0. The first-order chi connectivity index (χ1) is 8.22. The van der Waals surface area contributed by atoms with E-state index in [1.807, 2.05) is 13.0 Å². The molecular weight excluding hydrogens is 291 g/mol. The molecule has 0 aromatic carbocycles. The zero-order valence-electron chi connectivity index (χ0n) is 10.8. The van der Waals surface area contributed by atoms with Gasteiger partial charge in [-0.2, -0.15) is 0 Å². The topological polar surface area (TPSA) is 103 Å². The smallest absolute Gasteiger partial charge is 0.133 e. The summed E-state index contributed by atoms with van der Waals surface area (Å²) in [7, 11) is 0. The summed E-state index contributed by atoms with van der Waals surface area (Å²) >= 11 is 0. The van der Waals surface area contributed by atoms with Crippen molar-refractivity contribution in [1.29, 1.82) is 0 Å². The van der Waals surface area contributed by atoms with Gasteiger partial charge in [-0.15, -0.1) is 24.8 Å². The van der Waals surface area contributed by atoms with Gasteiger partial charge in [0.05, 0.1) is 13.2 Å². The van der Waals surface area contributed by atoms with Gasteiger partial charge in [-0.3, -0.25) is 0 Å². The molecule has 0 amide bonds. The maximum absolute atomic E-state index is 8.80. The van der Waals surface area contributed by atoms with E-state index in [0.29, 0.717) is 31.3 Å². The zero-order chi connectivity index (χ0) is 12.7. The highest BCUT2D eigenvalue weighted by Gasteiger charge is 2.08. The highest BCUT2D eigenvalue weighted by molar-refractivity contribution is 5.85. The van der Waals surface area contributed by atoms with Crippen LogP contribution in [0, 0.1) is 6.92 Å². The Hall–Kier alpha value is -0.790. The summed E-state index contributed by atoms with van der Waals surface area (Å²) in [6, 6.07) is 1.89. The monoisotopic (exact) mass is 312 g/mol. The lowest BCUT2D eigenvalue weighted by Gasteiger charge is -2.14. The van der Waals surface area contributed by atoms with Crippen LogP contribution < -0.4 is 16.4 Å². The zero-order valence-corrected chi connectivity index (χ0v) is 12.5. The number of halogens is 2. The van der Waals surface area contributed by atoms with Crippen LogP contribution in [0.5, 0.6) is 0 Å². The number of aliphatic hydroxyl groups excluding tert-OH is 2. The van der Waals surface area contributed by atoms with Crippen molar-refractivity contribution in [3.8, 4) is 0 Å². The highest BCUT2D eigenvalue weighted by atomic mass is 35.5. The molecule has 0 spiro atoms. The average molecular weight is 313 g/mol. The second-order valence-electron chi connectivity index (χ2n) is 3.66. The van der Waals surface area contributed by atoms with Gasteiger partial charge in [-0.1, -0.05) is 0 Å². The minimum absolute atomic E-state index is 0. The Morgan fingerprint density at radius 3 is 2.26 bits per heavy atom. The van der Waals surface area contributed by atoms with Gasteiger partial charge >= 0.3 is 0 Å². The molecule has 6 N–H and O–H groups in total. The number of hydrogen-bond acceptors (Lipinski definition) is 6. The van der Waals surface area contributed by atoms with Crippen molar-refractivity contribution >= 4 is 36.4 Å². The number of aryl methyl sites for hydroxylation is 1. The number of aliphatic hydroxyl groups is 2. The molecular formula is C11H22Cl2N4O2. The first kappa shape index (κ1) is 20.5. The quantitative estimate of drug-likeness (QED) is 0.502. The Bertz CT molecular complexity index is 367. The maximum Gasteiger partial charge on any atom is 0.133 e. The van der Waals surface area contributed by atoms with Crippen LogP contribution in [-0.2, 0) is 6.54 Å². The Labute approximate surface area is 125 Å². The molecule has 0 saturated carbocycles. The largest absolute Gasteiger partial charge is 0.395 e. The van der Waals surface area contributed by atoms with E-state index in [1.165, 1.54) is 0 Å². The van der Waals surface area contributed by atoms with Crippen molar-refractivity contribution in [3.05, 3.63) is 17.2 Å². The molecule has 0 atom stereocenters. The third-order valence-electron chi connectivity index (χ3n) is 2.37. The van der Waals surface area contributed by atoms with Gasteiger partial charge in [0.2, 0.25) is 0 Å². The maximum atomic E-state index is 8.80. The number of anilines is 2. The first-order valence-corrected chi connectivity index (χ1v) is 5.63. The minimum atomic E-state index is 0. The van der Waals surface area contributed by atoms with E-state index < -0.39 is 0 Å². The Morgan fingerprint density at radius 2 is 1.74 bits per heavy atom. The third kappa shape index (κ3) is 6.26. The van der Waals surface area contributed by atoms with Gasteiger partial charge in [0.25, 0.3) is 0 Å². The van der Waals surface area contributed by atoms with Crippen molar-refractivity contribution in [2.24, 2.45) is 5.73 Å². The lowest BCUT2D eigenvalue weighted by molar-refractivity contribution is 0.311. The Morgan fingerprint density at radius 1 is 1.16 bits per heavy atom. The van der Waals surface area contributed by atoms with E-state index in [9.17, 15) is 0 Å². The van der Waals surface area contributed by atoms with Gasteiger partial charge in [0.1, 0.15) is 11.6 Å². The molecule has 0 aliphatic heterocycles. The molecule has 1 aromatic heterocycles. The van der Waals surface area contributed by atoms with Crippen LogP contribution in [0.25, 0.3) is 0 Å². The average Bonchev–Trinajstić information content (AvgIpc) is 2.33. The first-order valence-electron chi connectivity index (χ1n) is 5.63. The van der Waals surface area contributed by atoms with E-state index in [2.05, 4.69) is 15.6 Å². The Kier molecular flexibility index (Phi) is 12.0. The summed E-state index contributed by atoms with van der Waals surface area (Å²) in [5.41, 5.74) is 7.64. The summed E-state index contributed by atoms with van der Waals surface area (Å²) in [4.78, 5) is 4.35. The van der Waals surface area contributed by atoms with Crippen LogP contribution in [-0.4, -0.2) is 41.5 Å². The van der Waals surface area contributed by atoms with Gasteiger partial charge < -0.3 is 26.6 Å². The van der Waals surface area contributed by atoms with Crippen molar-refractivity contribution < 1.29 is 10.2 Å². The fourth-order valence-corrected chi connectivity index (χ4v) is 1.55. The lowest BCUT2D eigenvalue weighted by atomic mass is 10.1. The molecule has 1 heterocycles. The number of nitrogens with one attached hydrogen (secondary N) is 2. The van der Waals surface area contributed by atoms with E-state index >= 15 is 0 Å². The molecule has 0 aliphatic carbocycles. The fourth-order valence-electron chi connectivity index (χ4n) is 1.55. The molecule has 0 bridgehead atoms. The summed E-state index contributed by atoms with van der Waals surface area (Å²) in [5.74, 6) is 1.37. The number of rotatable bonds is 7. The SMILES string of the molecule is Cc1cc(NCCO)nc(NCCO)c1CN.Cl.Cl. The van der Waals surface area contributed by atoms with Crippen LogP contribution >= 0.6 is 24.8 Å². The van der Waals surface area contributed by atoms with Crippen molar-refractivity contribution in [3.63, 3.8) is 0 Å². The number of hydrogen-bond donors (Lipinski definition) is 5. The van der Waals surface area contributed by atoms with E-state index in [0.717, 1.165) is 11.1 Å². The third-order valence-corrected chi connectivity index (χ3v) is 2.37. The van der Waals surface area contributed by atoms with Gasteiger partial charge in [0, 0.05) is 25.2 Å². The van der Waals surface area contributed by atoms with E-state index in [1.54, 1.807) is 0 Å². The second-order valence-corrected chi connectivity index (χ2v) is 3.66. The lowest BCUT2D eigenvalue weighted by Crippen LogP contribution is -2.15. The standard InChI is InChI=1S/C11H20N4O2.2ClH/c1-8-6-10(13-2-4-16)15-11(9(8)7-12)14-3-5-17;;/h6,16-17H,2-5,7,12H2,1H3,(H2,13,14,15);2*1H. The van der Waals surface area contributed by atoms with Crippen LogP contribution in [0.1, 0.15) is 11.1 Å². The minimum Gasteiger partial charge on any atom is -0.395 e. The molecule has 1 aromatic rings. The molecule has 0 aliphatic rings. The van der Waals surface area contributed by atoms with Crippen molar-refractivity contribution in [2.75, 3.05) is 36.9 Å². The molecule has 19 heavy (non-hydrogen) atoms. The summed E-state index contributed by atoms with van der Waals surface area (Å²) < 4.78 is 0. The van der Waals surface area contributed by atoms with Crippen LogP contribution in [0.2, 0.25) is 0 Å². The van der Waals surface area contributed by atoms with Crippen molar-refractivity contribution in [2.45, 2.75) is 13.5 Å². The number of nitrogens with two attached hydrogens (primary N) is 1. The number of nitrogens with zero attached hydrogens (tertiary/aromatic N) is 1. The van der Waals surface area contributed by atoms with E-state index in [-0.39, 0.29) is 38.0 Å².